The van der Waals surface area contributed by atoms with E-state index < -0.39 is 4.92 Å². The van der Waals surface area contributed by atoms with Gasteiger partial charge in [0.2, 0.25) is 5.82 Å². The van der Waals surface area contributed by atoms with Gasteiger partial charge in [0.1, 0.15) is 0 Å². The van der Waals surface area contributed by atoms with Crippen molar-refractivity contribution in [3.05, 3.63) is 28.4 Å². The molecule has 4 N–H and O–H groups in total. The second-order valence-corrected chi connectivity index (χ2v) is 2.14. The lowest BCUT2D eigenvalue weighted by atomic mass is 10.4. The maximum atomic E-state index is 10.4. The summed E-state index contributed by atoms with van der Waals surface area (Å²) in [6, 6.07) is 2.71. The molecule has 13 heavy (non-hydrogen) atoms. The Morgan fingerprint density at radius 3 is 2.85 bits per heavy atom. The van der Waals surface area contributed by atoms with Gasteiger partial charge in [-0.05, 0) is 6.07 Å². The zero-order chi connectivity index (χ0) is 9.84. The Labute approximate surface area is 73.2 Å². The maximum absolute atomic E-state index is 10.4. The topological polar surface area (TPSA) is 120 Å². The third-order valence-corrected chi connectivity index (χ3v) is 1.20. The Kier molecular flexibility index (Phi) is 2.38. The normalized spacial score (nSPS) is 9.23. The van der Waals surface area contributed by atoms with E-state index >= 15 is 0 Å². The van der Waals surface area contributed by atoms with Crippen LogP contribution in [0.15, 0.2) is 23.3 Å². The predicted molar refractivity (Wildman–Crippen MR) is 46.4 cm³/mol. The highest BCUT2D eigenvalue weighted by molar-refractivity contribution is 5.79. The first kappa shape index (κ1) is 8.91. The highest BCUT2D eigenvalue weighted by atomic mass is 16.6. The van der Waals surface area contributed by atoms with Crippen LogP contribution >= 0.6 is 0 Å². The van der Waals surface area contributed by atoms with Crippen LogP contribution in [0.1, 0.15) is 0 Å². The van der Waals surface area contributed by atoms with E-state index in [1.165, 1.54) is 18.3 Å². The van der Waals surface area contributed by atoms with E-state index in [1.807, 2.05) is 0 Å². The fourth-order valence-electron chi connectivity index (χ4n) is 0.739. The van der Waals surface area contributed by atoms with Gasteiger partial charge in [-0.15, -0.1) is 0 Å². The predicted octanol–water partition coefficient (Wildman–Crippen LogP) is -0.105. The largest absolute Gasteiger partial charge is 0.370 e. The highest BCUT2D eigenvalue weighted by Crippen LogP contribution is 2.22. The number of hydrogen-bond donors (Lipinski definition) is 2. The van der Waals surface area contributed by atoms with Crippen LogP contribution in [0, 0.1) is 10.1 Å². The lowest BCUT2D eigenvalue weighted by Gasteiger charge is -1.95. The molecule has 7 heteroatoms. The summed E-state index contributed by atoms with van der Waals surface area (Å²) in [6.45, 7) is 0. The van der Waals surface area contributed by atoms with Crippen molar-refractivity contribution in [1.29, 1.82) is 0 Å². The third kappa shape index (κ3) is 2.12. The first-order chi connectivity index (χ1) is 6.11. The molecule has 0 amide bonds. The van der Waals surface area contributed by atoms with E-state index in [1.54, 1.807) is 0 Å². The van der Waals surface area contributed by atoms with E-state index in [2.05, 4.69) is 9.98 Å². The number of nitrogens with zero attached hydrogens (tertiary/aromatic N) is 3. The Morgan fingerprint density at radius 1 is 1.62 bits per heavy atom. The molecule has 68 valence electrons. The van der Waals surface area contributed by atoms with Gasteiger partial charge in [0, 0.05) is 12.3 Å². The summed E-state index contributed by atoms with van der Waals surface area (Å²) >= 11 is 0. The van der Waals surface area contributed by atoms with Crippen LogP contribution in [0.25, 0.3) is 0 Å². The molecule has 0 radical (unpaired) electrons. The summed E-state index contributed by atoms with van der Waals surface area (Å²) in [5.41, 5.74) is 9.89. The van der Waals surface area contributed by atoms with Gasteiger partial charge in [0.25, 0.3) is 0 Å². The van der Waals surface area contributed by atoms with Crippen molar-refractivity contribution in [3.63, 3.8) is 0 Å². The molecule has 0 aliphatic carbocycles. The lowest BCUT2D eigenvalue weighted by Crippen LogP contribution is -2.22. The first-order valence-electron chi connectivity index (χ1n) is 3.30. The van der Waals surface area contributed by atoms with Gasteiger partial charge < -0.3 is 11.5 Å². The van der Waals surface area contributed by atoms with Crippen LogP contribution in [0.2, 0.25) is 0 Å². The highest BCUT2D eigenvalue weighted by Gasteiger charge is 2.12. The molecule has 1 heterocycles. The van der Waals surface area contributed by atoms with Crippen molar-refractivity contribution in [2.45, 2.75) is 0 Å². The minimum Gasteiger partial charge on any atom is -0.370 e. The van der Waals surface area contributed by atoms with Crippen LogP contribution in [-0.2, 0) is 0 Å². The van der Waals surface area contributed by atoms with Gasteiger partial charge in [-0.3, -0.25) is 10.1 Å². The molecular formula is C6H7N5O2. The number of nitro groups is 1. The molecule has 1 aromatic rings. The van der Waals surface area contributed by atoms with Crippen molar-refractivity contribution in [2.75, 3.05) is 0 Å². The average Bonchev–Trinajstić information content (AvgIpc) is 2.03. The van der Waals surface area contributed by atoms with Crippen molar-refractivity contribution < 1.29 is 4.92 Å². The quantitative estimate of drug-likeness (QED) is 0.285. The number of hydrogen-bond acceptors (Lipinski definition) is 4. The molecule has 0 aliphatic heterocycles. The molecule has 0 aromatic carbocycles. The van der Waals surface area contributed by atoms with Gasteiger partial charge in [0.05, 0.1) is 4.92 Å². The molecule has 0 spiro atoms. The number of nitrogens with two attached hydrogens (primary N) is 2. The Bertz CT molecular complexity index is 358. The minimum atomic E-state index is -0.602. The number of rotatable bonds is 2. The lowest BCUT2D eigenvalue weighted by molar-refractivity contribution is -0.384. The number of guanidine groups is 1. The van der Waals surface area contributed by atoms with E-state index in [9.17, 15) is 10.1 Å². The summed E-state index contributed by atoms with van der Waals surface area (Å²) < 4.78 is 0. The SMILES string of the molecule is NC(N)=Nc1ncccc1[N+](=O)[O-]. The molecule has 1 rings (SSSR count). The smallest absolute Gasteiger partial charge is 0.313 e. The molecule has 0 fully saturated rings. The average molecular weight is 181 g/mol. The second kappa shape index (κ2) is 3.48. The first-order valence-corrected chi connectivity index (χ1v) is 3.30. The fourth-order valence-corrected chi connectivity index (χ4v) is 0.739. The summed E-state index contributed by atoms with van der Waals surface area (Å²) in [5.74, 6) is -0.352. The van der Waals surface area contributed by atoms with Gasteiger partial charge in [-0.2, -0.15) is 4.99 Å². The van der Waals surface area contributed by atoms with Crippen molar-refractivity contribution in [3.8, 4) is 0 Å². The van der Waals surface area contributed by atoms with Crippen LogP contribution in [0.3, 0.4) is 0 Å². The monoisotopic (exact) mass is 181 g/mol. The summed E-state index contributed by atoms with van der Waals surface area (Å²) in [6.07, 6.45) is 1.37. The zero-order valence-electron chi connectivity index (χ0n) is 6.54. The summed E-state index contributed by atoms with van der Waals surface area (Å²) in [4.78, 5) is 17.0. The Hall–Kier alpha value is -2.18. The summed E-state index contributed by atoms with van der Waals surface area (Å²) in [7, 11) is 0. The van der Waals surface area contributed by atoms with E-state index in [0.717, 1.165) is 0 Å². The molecule has 1 aromatic heterocycles. The zero-order valence-corrected chi connectivity index (χ0v) is 6.54. The van der Waals surface area contributed by atoms with Gasteiger partial charge >= 0.3 is 5.69 Å². The van der Waals surface area contributed by atoms with Crippen LogP contribution in [-0.4, -0.2) is 15.9 Å². The Morgan fingerprint density at radius 2 is 2.31 bits per heavy atom. The summed E-state index contributed by atoms with van der Waals surface area (Å²) in [5, 5.41) is 10.4. The maximum Gasteiger partial charge on any atom is 0.313 e. The second-order valence-electron chi connectivity index (χ2n) is 2.14. The van der Waals surface area contributed by atoms with Crippen LogP contribution < -0.4 is 11.5 Å². The molecule has 7 nitrogen and oxygen atoms in total. The molecule has 0 saturated carbocycles. The van der Waals surface area contributed by atoms with Crippen molar-refractivity contribution >= 4 is 17.5 Å². The molecule has 0 unspecified atom stereocenters. The van der Waals surface area contributed by atoms with Gasteiger partial charge in [-0.25, -0.2) is 4.98 Å². The van der Waals surface area contributed by atoms with Crippen molar-refractivity contribution in [1.82, 2.24) is 4.98 Å². The number of pyridine rings is 1. The number of aliphatic imine (C=N–C) groups is 1. The molecule has 0 bridgehead atoms. The van der Waals surface area contributed by atoms with Gasteiger partial charge in [0.15, 0.2) is 5.96 Å². The molecule has 0 aliphatic rings. The van der Waals surface area contributed by atoms with Gasteiger partial charge in [-0.1, -0.05) is 0 Å². The Balaban J connectivity index is 3.20. The molecule has 0 atom stereocenters. The van der Waals surface area contributed by atoms with Crippen LogP contribution in [0.4, 0.5) is 11.5 Å². The minimum absolute atomic E-state index is 0.0903. The molecular weight excluding hydrogens is 174 g/mol. The van der Waals surface area contributed by atoms with E-state index in [4.69, 9.17) is 11.5 Å². The fraction of sp³-hybridized carbons (Fsp3) is 0. The van der Waals surface area contributed by atoms with E-state index in [-0.39, 0.29) is 17.5 Å². The third-order valence-electron chi connectivity index (χ3n) is 1.20. The number of aromatic nitrogens is 1. The standard InChI is InChI=1S/C6H7N5O2/c7-6(8)10-5-4(11(12)13)2-1-3-9-5/h1-3H,(H4,7,8,9,10). The van der Waals surface area contributed by atoms with Crippen molar-refractivity contribution in [2.24, 2.45) is 16.5 Å². The van der Waals surface area contributed by atoms with Crippen LogP contribution in [0.5, 0.6) is 0 Å². The molecule has 0 saturated heterocycles. The van der Waals surface area contributed by atoms with E-state index in [0.29, 0.717) is 0 Å².